The van der Waals surface area contributed by atoms with Crippen LogP contribution in [0.3, 0.4) is 0 Å². The van der Waals surface area contributed by atoms with Crippen molar-refractivity contribution in [2.45, 2.75) is 44.6 Å². The Labute approximate surface area is 160 Å². The molecular formula is C21H29N3O3. The largest absolute Gasteiger partial charge is 0.387 e. The normalized spacial score (nSPS) is 17.1. The van der Waals surface area contributed by atoms with Gasteiger partial charge >= 0.3 is 11.8 Å². The Morgan fingerprint density at radius 1 is 1.19 bits per heavy atom. The highest BCUT2D eigenvalue weighted by Gasteiger charge is 2.19. The minimum absolute atomic E-state index is 0.0199. The van der Waals surface area contributed by atoms with Gasteiger partial charge in [0.1, 0.15) is 0 Å². The molecule has 6 nitrogen and oxygen atoms in total. The Balaban J connectivity index is 1.41. The molecule has 1 aliphatic carbocycles. The van der Waals surface area contributed by atoms with Crippen molar-refractivity contribution in [2.75, 3.05) is 31.6 Å². The molecule has 0 aromatic heterocycles. The van der Waals surface area contributed by atoms with Gasteiger partial charge in [0.05, 0.1) is 6.10 Å². The predicted molar refractivity (Wildman–Crippen MR) is 106 cm³/mol. The van der Waals surface area contributed by atoms with Crippen molar-refractivity contribution in [1.82, 2.24) is 10.6 Å². The Bertz CT molecular complexity index is 729. The molecule has 3 rings (SSSR count). The first kappa shape index (κ1) is 19.4. The molecule has 27 heavy (non-hydrogen) atoms. The molecule has 0 unspecified atom stereocenters. The van der Waals surface area contributed by atoms with Gasteiger partial charge in [0.15, 0.2) is 0 Å². The lowest BCUT2D eigenvalue weighted by molar-refractivity contribution is -0.139. The van der Waals surface area contributed by atoms with Gasteiger partial charge in [-0.05, 0) is 55.7 Å². The van der Waals surface area contributed by atoms with Crippen LogP contribution in [0.4, 0.5) is 5.69 Å². The number of amides is 2. The average molecular weight is 371 g/mol. The lowest BCUT2D eigenvalue weighted by Gasteiger charge is -2.16. The summed E-state index contributed by atoms with van der Waals surface area (Å²) in [5.41, 5.74) is 4.51. The van der Waals surface area contributed by atoms with E-state index in [1.807, 2.05) is 25.2 Å². The number of hydrogen-bond donors (Lipinski definition) is 3. The number of nitrogens with one attached hydrogen (secondary N) is 2. The van der Waals surface area contributed by atoms with Crippen LogP contribution >= 0.6 is 0 Å². The summed E-state index contributed by atoms with van der Waals surface area (Å²) >= 11 is 0. The predicted octanol–water partition coefficient (Wildman–Crippen LogP) is 1.84. The van der Waals surface area contributed by atoms with Gasteiger partial charge in [0.2, 0.25) is 0 Å². The molecule has 0 fully saturated rings. The second-order valence-corrected chi connectivity index (χ2v) is 7.40. The summed E-state index contributed by atoms with van der Waals surface area (Å²) < 4.78 is 0. The highest BCUT2D eigenvalue weighted by molar-refractivity contribution is 6.35. The topological polar surface area (TPSA) is 81.7 Å². The Morgan fingerprint density at radius 2 is 2.00 bits per heavy atom. The number of hydrogen-bond acceptors (Lipinski definition) is 4. The van der Waals surface area contributed by atoms with Crippen molar-refractivity contribution < 1.29 is 14.7 Å². The molecular weight excluding hydrogens is 342 g/mol. The van der Waals surface area contributed by atoms with Crippen molar-refractivity contribution in [3.63, 3.8) is 0 Å². The van der Waals surface area contributed by atoms with Crippen LogP contribution in [0.25, 0.3) is 0 Å². The summed E-state index contributed by atoms with van der Waals surface area (Å²) in [6.45, 7) is 1.47. The minimum atomic E-state index is -0.828. The maximum Gasteiger partial charge on any atom is 0.309 e. The zero-order valence-electron chi connectivity index (χ0n) is 16.0. The number of carbonyl (C=O) groups is 2. The molecule has 6 heteroatoms. The number of anilines is 1. The lowest BCUT2D eigenvalue weighted by Crippen LogP contribution is -2.41. The third kappa shape index (κ3) is 5.10. The van der Waals surface area contributed by atoms with Gasteiger partial charge in [0.25, 0.3) is 0 Å². The van der Waals surface area contributed by atoms with E-state index in [2.05, 4.69) is 21.6 Å². The van der Waals surface area contributed by atoms with Gasteiger partial charge in [-0.3, -0.25) is 9.59 Å². The molecule has 3 N–H and O–H groups in total. The second kappa shape index (κ2) is 9.04. The molecule has 0 saturated carbocycles. The minimum Gasteiger partial charge on any atom is -0.387 e. The van der Waals surface area contributed by atoms with Crippen molar-refractivity contribution in [3.8, 4) is 0 Å². The van der Waals surface area contributed by atoms with Crippen LogP contribution in [0.1, 0.15) is 49.3 Å². The number of fused-ring (bicyclic) bond motifs is 1. The lowest BCUT2D eigenvalue weighted by atomic mass is 9.97. The number of likely N-dealkylation sites (N-methyl/N-ethyl adjacent to an activating group) is 1. The Kier molecular flexibility index (Phi) is 6.50. The third-order valence-corrected chi connectivity index (χ3v) is 5.40. The van der Waals surface area contributed by atoms with Crippen LogP contribution in [-0.4, -0.2) is 43.6 Å². The first-order valence-corrected chi connectivity index (χ1v) is 9.80. The number of aliphatic hydroxyl groups excluding tert-OH is 1. The molecule has 1 aliphatic heterocycles. The van der Waals surface area contributed by atoms with E-state index in [4.69, 9.17) is 0 Å². The number of allylic oxidation sites excluding steroid dienone is 1. The van der Waals surface area contributed by atoms with E-state index < -0.39 is 17.9 Å². The standard InChI is InChI=1S/C21H29N3O3/c1-24-12-10-16-13-17(7-8-18(16)24)19(25)14-23-21(27)20(26)22-11-9-15-5-3-2-4-6-15/h5,7-8,13,19,25H,2-4,6,9-12,14H2,1H3,(H,22,26)(H,23,27)/t19-/m0/s1. The van der Waals surface area contributed by atoms with Crippen molar-refractivity contribution in [1.29, 1.82) is 0 Å². The quantitative estimate of drug-likeness (QED) is 0.526. The van der Waals surface area contributed by atoms with E-state index in [-0.39, 0.29) is 6.54 Å². The average Bonchev–Trinajstić information content (AvgIpc) is 3.06. The summed E-state index contributed by atoms with van der Waals surface area (Å²) in [5.74, 6) is -1.35. The molecule has 2 amide bonds. The van der Waals surface area contributed by atoms with E-state index in [1.54, 1.807) is 0 Å². The number of nitrogens with zero attached hydrogens (tertiary/aromatic N) is 1. The molecule has 0 bridgehead atoms. The molecule has 1 aromatic carbocycles. The zero-order valence-corrected chi connectivity index (χ0v) is 16.0. The van der Waals surface area contributed by atoms with E-state index in [0.717, 1.165) is 37.8 Å². The zero-order chi connectivity index (χ0) is 19.2. The van der Waals surface area contributed by atoms with Crippen LogP contribution in [-0.2, 0) is 16.0 Å². The fraction of sp³-hybridized carbons (Fsp3) is 0.524. The molecule has 2 aliphatic rings. The second-order valence-electron chi connectivity index (χ2n) is 7.40. The van der Waals surface area contributed by atoms with Gasteiger partial charge < -0.3 is 20.6 Å². The number of carbonyl (C=O) groups excluding carboxylic acids is 2. The molecule has 1 aromatic rings. The summed E-state index contributed by atoms with van der Waals surface area (Å²) in [5, 5.41) is 15.5. The van der Waals surface area contributed by atoms with Gasteiger partial charge in [-0.25, -0.2) is 0 Å². The van der Waals surface area contributed by atoms with Crippen molar-refractivity contribution >= 4 is 17.5 Å². The Morgan fingerprint density at radius 3 is 2.78 bits per heavy atom. The molecule has 0 radical (unpaired) electrons. The van der Waals surface area contributed by atoms with Crippen LogP contribution < -0.4 is 15.5 Å². The fourth-order valence-corrected chi connectivity index (χ4v) is 3.73. The van der Waals surface area contributed by atoms with Crippen LogP contribution in [0.5, 0.6) is 0 Å². The molecule has 1 heterocycles. The van der Waals surface area contributed by atoms with E-state index in [9.17, 15) is 14.7 Å². The van der Waals surface area contributed by atoms with Gasteiger partial charge in [-0.2, -0.15) is 0 Å². The maximum absolute atomic E-state index is 11.9. The fourth-order valence-electron chi connectivity index (χ4n) is 3.73. The maximum atomic E-state index is 11.9. The van der Waals surface area contributed by atoms with Gasteiger partial charge in [-0.15, -0.1) is 0 Å². The third-order valence-electron chi connectivity index (χ3n) is 5.40. The highest BCUT2D eigenvalue weighted by atomic mass is 16.3. The summed E-state index contributed by atoms with van der Waals surface area (Å²) in [6, 6.07) is 5.85. The van der Waals surface area contributed by atoms with Crippen molar-refractivity contribution in [3.05, 3.63) is 41.0 Å². The van der Waals surface area contributed by atoms with E-state index in [0.29, 0.717) is 6.54 Å². The molecule has 146 valence electrons. The van der Waals surface area contributed by atoms with Crippen LogP contribution in [0, 0.1) is 0 Å². The van der Waals surface area contributed by atoms with Gasteiger partial charge in [-0.1, -0.05) is 23.8 Å². The van der Waals surface area contributed by atoms with Crippen molar-refractivity contribution in [2.24, 2.45) is 0 Å². The summed E-state index contributed by atoms with van der Waals surface area (Å²) in [6.07, 6.45) is 7.80. The summed E-state index contributed by atoms with van der Waals surface area (Å²) in [7, 11) is 2.05. The van der Waals surface area contributed by atoms with E-state index in [1.165, 1.54) is 29.7 Å². The van der Waals surface area contributed by atoms with E-state index >= 15 is 0 Å². The number of aliphatic hydroxyl groups is 1. The van der Waals surface area contributed by atoms with Crippen LogP contribution in [0.15, 0.2) is 29.8 Å². The first-order valence-electron chi connectivity index (χ1n) is 9.80. The molecule has 0 saturated heterocycles. The first-order chi connectivity index (χ1) is 13.0. The van der Waals surface area contributed by atoms with Gasteiger partial charge in [0, 0.05) is 32.4 Å². The van der Waals surface area contributed by atoms with Crippen LogP contribution in [0.2, 0.25) is 0 Å². The monoisotopic (exact) mass is 371 g/mol. The smallest absolute Gasteiger partial charge is 0.309 e. The Hall–Kier alpha value is -2.34. The SMILES string of the molecule is CN1CCc2cc([C@@H](O)CNC(=O)C(=O)NCCC3=CCCCC3)ccc21. The number of rotatable bonds is 6. The molecule has 1 atom stereocenters. The summed E-state index contributed by atoms with van der Waals surface area (Å²) in [4.78, 5) is 26.0. The molecule has 0 spiro atoms. The number of benzene rings is 1. The highest BCUT2D eigenvalue weighted by Crippen LogP contribution is 2.29.